The maximum atomic E-state index is 11.2. The van der Waals surface area contributed by atoms with Crippen molar-refractivity contribution >= 4 is 5.97 Å². The summed E-state index contributed by atoms with van der Waals surface area (Å²) in [7, 11) is 0. The number of carboxylic acids is 1. The van der Waals surface area contributed by atoms with Gasteiger partial charge < -0.3 is 20.4 Å². The Hall–Kier alpha value is -1.75. The molecule has 5 nitrogen and oxygen atoms in total. The molecule has 0 radical (unpaired) electrons. The summed E-state index contributed by atoms with van der Waals surface area (Å²) < 4.78 is 0. The third kappa shape index (κ3) is 10.2. The quantitative estimate of drug-likeness (QED) is 0.305. The number of aromatic hydroxyl groups is 2. The minimum Gasteiger partial charge on any atom is -0.508 e. The number of rotatable bonds is 15. The topological polar surface area (TPSA) is 98.0 Å². The van der Waals surface area contributed by atoms with E-state index in [1.54, 1.807) is 0 Å². The number of hydrogen-bond donors (Lipinski definition) is 4. The van der Waals surface area contributed by atoms with E-state index in [1.165, 1.54) is 51.0 Å². The highest BCUT2D eigenvalue weighted by molar-refractivity contribution is 5.92. The molecular weight excluding hydrogens is 344 g/mol. The third-order valence-electron chi connectivity index (χ3n) is 4.97. The van der Waals surface area contributed by atoms with Gasteiger partial charge in [-0.25, -0.2) is 4.79 Å². The summed E-state index contributed by atoms with van der Waals surface area (Å²) in [5.41, 5.74) is 0.400. The van der Waals surface area contributed by atoms with E-state index in [0.29, 0.717) is 12.0 Å². The van der Waals surface area contributed by atoms with E-state index in [1.807, 2.05) is 6.92 Å². The number of benzene rings is 1. The zero-order chi connectivity index (χ0) is 20.1. The first-order chi connectivity index (χ1) is 12.9. The fourth-order valence-corrected chi connectivity index (χ4v) is 3.46. The molecule has 154 valence electrons. The molecule has 0 heterocycles. The van der Waals surface area contributed by atoms with Crippen molar-refractivity contribution < 1.29 is 25.2 Å². The van der Waals surface area contributed by atoms with Gasteiger partial charge in [0.05, 0.1) is 6.10 Å². The van der Waals surface area contributed by atoms with Gasteiger partial charge in [0.2, 0.25) is 0 Å². The predicted octanol–water partition coefficient (Wildman–Crippen LogP) is 5.40. The summed E-state index contributed by atoms with van der Waals surface area (Å²) in [6, 6.07) is 2.50. The average Bonchev–Trinajstić information content (AvgIpc) is 2.57. The fraction of sp³-hybridized carbons (Fsp3) is 0.682. The fourth-order valence-electron chi connectivity index (χ4n) is 3.46. The Labute approximate surface area is 163 Å². The van der Waals surface area contributed by atoms with Crippen molar-refractivity contribution in [2.75, 3.05) is 0 Å². The van der Waals surface area contributed by atoms with Gasteiger partial charge in [-0.1, -0.05) is 64.2 Å². The van der Waals surface area contributed by atoms with Gasteiger partial charge >= 0.3 is 5.97 Å². The maximum absolute atomic E-state index is 11.2. The minimum atomic E-state index is -1.16. The van der Waals surface area contributed by atoms with Crippen LogP contribution in [0.5, 0.6) is 11.5 Å². The first kappa shape index (κ1) is 23.3. The molecule has 1 aromatic rings. The number of aromatic carboxylic acids is 1. The second-order valence-electron chi connectivity index (χ2n) is 7.58. The van der Waals surface area contributed by atoms with Gasteiger partial charge in [-0.15, -0.1) is 0 Å². The summed E-state index contributed by atoms with van der Waals surface area (Å²) in [6.45, 7) is 1.85. The lowest BCUT2D eigenvalue weighted by Crippen LogP contribution is -2.03. The van der Waals surface area contributed by atoms with Gasteiger partial charge in [0.15, 0.2) is 0 Å². The van der Waals surface area contributed by atoms with Crippen molar-refractivity contribution in [1.82, 2.24) is 0 Å². The van der Waals surface area contributed by atoms with Crippen LogP contribution in [0, 0.1) is 0 Å². The molecule has 1 aromatic carbocycles. The van der Waals surface area contributed by atoms with Crippen LogP contribution >= 0.6 is 0 Å². The van der Waals surface area contributed by atoms with Gasteiger partial charge in [0.25, 0.3) is 0 Å². The van der Waals surface area contributed by atoms with Crippen molar-refractivity contribution in [1.29, 1.82) is 0 Å². The maximum Gasteiger partial charge on any atom is 0.339 e. The van der Waals surface area contributed by atoms with E-state index in [2.05, 4.69) is 0 Å². The second-order valence-corrected chi connectivity index (χ2v) is 7.58. The summed E-state index contributed by atoms with van der Waals surface area (Å²) >= 11 is 0. The average molecular weight is 381 g/mol. The van der Waals surface area contributed by atoms with Gasteiger partial charge in [-0.05, 0) is 37.8 Å². The molecule has 0 fully saturated rings. The predicted molar refractivity (Wildman–Crippen MR) is 108 cm³/mol. The monoisotopic (exact) mass is 380 g/mol. The molecule has 27 heavy (non-hydrogen) atoms. The van der Waals surface area contributed by atoms with Crippen molar-refractivity contribution in [2.45, 2.75) is 96.5 Å². The van der Waals surface area contributed by atoms with E-state index in [-0.39, 0.29) is 23.2 Å². The lowest BCUT2D eigenvalue weighted by Gasteiger charge is -2.09. The Kier molecular flexibility index (Phi) is 11.6. The first-order valence-corrected chi connectivity index (χ1v) is 10.4. The van der Waals surface area contributed by atoms with Crippen molar-refractivity contribution in [3.05, 3.63) is 23.3 Å². The number of unbranched alkanes of at least 4 members (excludes halogenated alkanes) is 10. The van der Waals surface area contributed by atoms with Crippen LogP contribution in [-0.4, -0.2) is 32.5 Å². The van der Waals surface area contributed by atoms with Crippen molar-refractivity contribution in [3.8, 4) is 11.5 Å². The second kappa shape index (κ2) is 13.4. The number of aliphatic hydroxyl groups is 1. The van der Waals surface area contributed by atoms with Gasteiger partial charge in [0.1, 0.15) is 17.1 Å². The number of aryl methyl sites for hydroxylation is 1. The highest BCUT2D eigenvalue weighted by Crippen LogP contribution is 2.28. The number of phenols is 2. The summed E-state index contributed by atoms with van der Waals surface area (Å²) in [6.07, 6.45) is 14.1. The number of carbonyl (C=O) groups is 1. The van der Waals surface area contributed by atoms with Crippen LogP contribution in [0.25, 0.3) is 0 Å². The molecule has 1 atom stereocenters. The number of carboxylic acid groups (broad SMARTS) is 1. The van der Waals surface area contributed by atoms with Gasteiger partial charge in [-0.2, -0.15) is 0 Å². The molecule has 0 aliphatic heterocycles. The number of phenolic OH excluding ortho intramolecular Hbond substituents is 1. The normalized spacial score (nSPS) is 12.2. The van der Waals surface area contributed by atoms with E-state index in [0.717, 1.165) is 38.2 Å². The highest BCUT2D eigenvalue weighted by atomic mass is 16.4. The molecule has 0 unspecified atom stereocenters. The lowest BCUT2D eigenvalue weighted by atomic mass is 9.99. The van der Waals surface area contributed by atoms with Crippen LogP contribution in [0.3, 0.4) is 0 Å². The standard InChI is InChI=1S/C22H36O5/c1-17(23)13-11-9-7-5-3-2-4-6-8-10-12-14-18-15-19(24)16-20(25)21(18)22(26)27/h15-17,23-25H,2-14H2,1H3,(H,26,27)/t17-/m0/s1. The Morgan fingerprint density at radius 2 is 1.33 bits per heavy atom. The van der Waals surface area contributed by atoms with E-state index >= 15 is 0 Å². The summed E-state index contributed by atoms with van der Waals surface area (Å²) in [5.74, 6) is -1.63. The molecule has 5 heteroatoms. The smallest absolute Gasteiger partial charge is 0.339 e. The SMILES string of the molecule is C[C@H](O)CCCCCCCCCCCCCc1cc(O)cc(O)c1C(=O)O. The minimum absolute atomic E-state index is 0.0961. The Balaban J connectivity index is 2.06. The van der Waals surface area contributed by atoms with E-state index in [9.17, 15) is 25.2 Å². The van der Waals surface area contributed by atoms with Crippen LogP contribution in [0.2, 0.25) is 0 Å². The Bertz CT molecular complexity index is 554. The summed E-state index contributed by atoms with van der Waals surface area (Å²) in [5, 5.41) is 37.7. The number of aliphatic hydroxyl groups excluding tert-OH is 1. The van der Waals surface area contributed by atoms with Crippen molar-refractivity contribution in [2.24, 2.45) is 0 Å². The molecule has 1 rings (SSSR count). The Morgan fingerprint density at radius 3 is 1.81 bits per heavy atom. The summed E-state index contributed by atoms with van der Waals surface area (Å²) in [4.78, 5) is 11.2. The third-order valence-corrected chi connectivity index (χ3v) is 4.97. The zero-order valence-electron chi connectivity index (χ0n) is 16.6. The van der Waals surface area contributed by atoms with Crippen LogP contribution in [0.4, 0.5) is 0 Å². The van der Waals surface area contributed by atoms with Crippen LogP contribution in [-0.2, 0) is 6.42 Å². The van der Waals surface area contributed by atoms with E-state index < -0.39 is 5.97 Å². The lowest BCUT2D eigenvalue weighted by molar-refractivity contribution is 0.0692. The van der Waals surface area contributed by atoms with Crippen LogP contribution in [0.15, 0.2) is 12.1 Å². The molecule has 0 aromatic heterocycles. The van der Waals surface area contributed by atoms with Gasteiger partial charge in [0, 0.05) is 6.07 Å². The Morgan fingerprint density at radius 1 is 0.852 bits per heavy atom. The van der Waals surface area contributed by atoms with E-state index in [4.69, 9.17) is 0 Å². The molecule has 0 bridgehead atoms. The molecule has 0 saturated heterocycles. The molecule has 0 aliphatic carbocycles. The van der Waals surface area contributed by atoms with Crippen molar-refractivity contribution in [3.63, 3.8) is 0 Å². The highest BCUT2D eigenvalue weighted by Gasteiger charge is 2.16. The van der Waals surface area contributed by atoms with Crippen LogP contribution < -0.4 is 0 Å². The molecule has 0 amide bonds. The number of hydrogen-bond acceptors (Lipinski definition) is 4. The molecule has 0 spiro atoms. The van der Waals surface area contributed by atoms with Gasteiger partial charge in [-0.3, -0.25) is 0 Å². The first-order valence-electron chi connectivity index (χ1n) is 10.4. The molecule has 0 saturated carbocycles. The van der Waals surface area contributed by atoms with Crippen LogP contribution in [0.1, 0.15) is 99.9 Å². The largest absolute Gasteiger partial charge is 0.508 e. The molecule has 4 N–H and O–H groups in total. The molecular formula is C22H36O5. The molecule has 0 aliphatic rings. The zero-order valence-corrected chi connectivity index (χ0v) is 16.6.